The number of aliphatic hydroxyl groups is 1. The van der Waals surface area contributed by atoms with E-state index in [0.717, 1.165) is 23.8 Å². The van der Waals surface area contributed by atoms with Crippen LogP contribution >= 0.6 is 0 Å². The van der Waals surface area contributed by atoms with Gasteiger partial charge in [-0.2, -0.15) is 0 Å². The monoisotopic (exact) mass is 334 g/mol. The Morgan fingerprint density at radius 2 is 1.75 bits per heavy atom. The highest BCUT2D eigenvalue weighted by Gasteiger charge is 2.08. The molecule has 6 heteroatoms. The Kier molecular flexibility index (Phi) is 6.69. The Labute approximate surface area is 139 Å². The molecular weight excluding hydrogens is 314 g/mol. The molecule has 4 nitrogen and oxygen atoms in total. The molecular formula is C18H20F2N2O2. The zero-order valence-electron chi connectivity index (χ0n) is 13.1. The minimum absolute atomic E-state index is 0.188. The first kappa shape index (κ1) is 17.9. The highest BCUT2D eigenvalue weighted by Crippen LogP contribution is 2.14. The molecule has 0 spiro atoms. The van der Waals surface area contributed by atoms with Gasteiger partial charge in [-0.15, -0.1) is 0 Å². The summed E-state index contributed by atoms with van der Waals surface area (Å²) in [5, 5.41) is 15.2. The Morgan fingerprint density at radius 3 is 2.50 bits per heavy atom. The van der Waals surface area contributed by atoms with Crippen LogP contribution in [0.15, 0.2) is 48.5 Å². The number of carbonyl (C=O) groups is 1. The van der Waals surface area contributed by atoms with Crippen molar-refractivity contribution in [3.05, 3.63) is 71.3 Å². The van der Waals surface area contributed by atoms with E-state index >= 15 is 0 Å². The van der Waals surface area contributed by atoms with Crippen molar-refractivity contribution in [1.29, 1.82) is 0 Å². The lowest BCUT2D eigenvalue weighted by molar-refractivity contribution is 0.167. The molecule has 2 rings (SSSR count). The van der Waals surface area contributed by atoms with Crippen molar-refractivity contribution in [2.75, 3.05) is 13.1 Å². The van der Waals surface area contributed by atoms with Gasteiger partial charge in [-0.25, -0.2) is 13.6 Å². The minimum Gasteiger partial charge on any atom is -0.388 e. The molecule has 2 aromatic rings. The highest BCUT2D eigenvalue weighted by molar-refractivity contribution is 5.73. The highest BCUT2D eigenvalue weighted by atomic mass is 19.1. The van der Waals surface area contributed by atoms with E-state index in [1.807, 2.05) is 30.3 Å². The largest absolute Gasteiger partial charge is 0.388 e. The minimum atomic E-state index is -0.645. The number of urea groups is 1. The van der Waals surface area contributed by atoms with Crippen LogP contribution in [0.25, 0.3) is 0 Å². The Hall–Kier alpha value is -2.47. The van der Waals surface area contributed by atoms with E-state index < -0.39 is 23.8 Å². The maximum atomic E-state index is 13.4. The van der Waals surface area contributed by atoms with Crippen LogP contribution in [0.2, 0.25) is 0 Å². The summed E-state index contributed by atoms with van der Waals surface area (Å²) in [5.41, 5.74) is 1.01. The molecule has 0 radical (unpaired) electrons. The molecule has 0 aromatic heterocycles. The Balaban J connectivity index is 1.66. The first-order chi connectivity index (χ1) is 11.6. The molecule has 2 aromatic carbocycles. The number of carbonyl (C=O) groups excluding carboxylic acids is 1. The number of hydrogen-bond acceptors (Lipinski definition) is 2. The topological polar surface area (TPSA) is 61.4 Å². The summed E-state index contributed by atoms with van der Waals surface area (Å²) in [4.78, 5) is 11.6. The van der Waals surface area contributed by atoms with Crippen molar-refractivity contribution in [2.24, 2.45) is 0 Å². The lowest BCUT2D eigenvalue weighted by atomic mass is 10.1. The third-order valence-corrected chi connectivity index (χ3v) is 3.58. The van der Waals surface area contributed by atoms with Crippen molar-refractivity contribution in [3.63, 3.8) is 0 Å². The van der Waals surface area contributed by atoms with Gasteiger partial charge >= 0.3 is 6.03 Å². The van der Waals surface area contributed by atoms with Crippen LogP contribution in [-0.2, 0) is 6.42 Å². The standard InChI is InChI=1S/C18H20F2N2O2/c19-15-6-7-16(20)14(12-15)8-10-21-18(24)22-11-9-17(23)13-4-2-1-3-5-13/h1-7,12,17,23H,8-11H2,(H2,21,22,24). The maximum absolute atomic E-state index is 13.4. The average Bonchev–Trinajstić information content (AvgIpc) is 2.58. The summed E-state index contributed by atoms with van der Waals surface area (Å²) in [6, 6.07) is 12.0. The fraction of sp³-hybridized carbons (Fsp3) is 0.278. The van der Waals surface area contributed by atoms with E-state index in [-0.39, 0.29) is 18.5 Å². The molecule has 0 saturated carbocycles. The second-order valence-electron chi connectivity index (χ2n) is 5.38. The molecule has 0 saturated heterocycles. The summed E-state index contributed by atoms with van der Waals surface area (Å²) in [6.07, 6.45) is -0.0625. The molecule has 1 unspecified atom stereocenters. The third-order valence-electron chi connectivity index (χ3n) is 3.58. The molecule has 0 heterocycles. The number of amides is 2. The van der Waals surface area contributed by atoms with Crippen molar-refractivity contribution >= 4 is 6.03 Å². The van der Waals surface area contributed by atoms with Crippen LogP contribution in [0.3, 0.4) is 0 Å². The summed E-state index contributed by atoms with van der Waals surface area (Å²) < 4.78 is 26.4. The van der Waals surface area contributed by atoms with Gasteiger partial charge < -0.3 is 15.7 Å². The number of benzene rings is 2. The second-order valence-corrected chi connectivity index (χ2v) is 5.38. The molecule has 0 fully saturated rings. The molecule has 24 heavy (non-hydrogen) atoms. The van der Waals surface area contributed by atoms with Gasteiger partial charge in [-0.05, 0) is 42.2 Å². The summed E-state index contributed by atoms with van der Waals surface area (Å²) >= 11 is 0. The van der Waals surface area contributed by atoms with E-state index in [0.29, 0.717) is 13.0 Å². The van der Waals surface area contributed by atoms with Crippen molar-refractivity contribution < 1.29 is 18.7 Å². The predicted octanol–water partition coefficient (Wildman–Crippen LogP) is 2.93. The third kappa shape index (κ3) is 5.62. The van der Waals surface area contributed by atoms with Crippen LogP contribution < -0.4 is 10.6 Å². The second kappa shape index (κ2) is 8.98. The molecule has 3 N–H and O–H groups in total. The smallest absolute Gasteiger partial charge is 0.314 e. The van der Waals surface area contributed by atoms with E-state index in [9.17, 15) is 18.7 Å². The van der Waals surface area contributed by atoms with E-state index in [4.69, 9.17) is 0 Å². The molecule has 0 aliphatic rings. The van der Waals surface area contributed by atoms with Crippen LogP contribution in [0.1, 0.15) is 23.7 Å². The number of rotatable bonds is 7. The number of halogens is 2. The number of aliphatic hydroxyl groups excluding tert-OH is 1. The fourth-order valence-corrected chi connectivity index (χ4v) is 2.27. The van der Waals surface area contributed by atoms with Gasteiger partial charge in [0.15, 0.2) is 0 Å². The van der Waals surface area contributed by atoms with Gasteiger partial charge in [0.25, 0.3) is 0 Å². The van der Waals surface area contributed by atoms with E-state index in [1.165, 1.54) is 0 Å². The van der Waals surface area contributed by atoms with Crippen molar-refractivity contribution in [1.82, 2.24) is 10.6 Å². The SMILES string of the molecule is O=C(NCCc1cc(F)ccc1F)NCCC(O)c1ccccc1. The van der Waals surface area contributed by atoms with Gasteiger partial charge in [-0.1, -0.05) is 30.3 Å². The Morgan fingerprint density at radius 1 is 1.04 bits per heavy atom. The fourth-order valence-electron chi connectivity index (χ4n) is 2.27. The number of nitrogens with one attached hydrogen (secondary N) is 2. The molecule has 0 aliphatic carbocycles. The van der Waals surface area contributed by atoms with Crippen LogP contribution in [0, 0.1) is 11.6 Å². The summed E-state index contributed by atoms with van der Waals surface area (Å²) in [7, 11) is 0. The lowest BCUT2D eigenvalue weighted by Crippen LogP contribution is -2.37. The van der Waals surface area contributed by atoms with E-state index in [1.54, 1.807) is 0 Å². The molecule has 1 atom stereocenters. The van der Waals surface area contributed by atoms with Gasteiger partial charge in [0.05, 0.1) is 6.10 Å². The Bertz CT molecular complexity index is 665. The van der Waals surface area contributed by atoms with Crippen LogP contribution in [0.5, 0.6) is 0 Å². The van der Waals surface area contributed by atoms with Gasteiger partial charge in [0.2, 0.25) is 0 Å². The molecule has 2 amide bonds. The first-order valence-electron chi connectivity index (χ1n) is 7.75. The van der Waals surface area contributed by atoms with Crippen LogP contribution in [0.4, 0.5) is 13.6 Å². The normalized spacial score (nSPS) is 11.8. The predicted molar refractivity (Wildman–Crippen MR) is 87.5 cm³/mol. The molecule has 128 valence electrons. The van der Waals surface area contributed by atoms with Crippen molar-refractivity contribution in [2.45, 2.75) is 18.9 Å². The van der Waals surface area contributed by atoms with Crippen LogP contribution in [-0.4, -0.2) is 24.2 Å². The molecule has 0 aliphatic heterocycles. The lowest BCUT2D eigenvalue weighted by Gasteiger charge is -2.12. The summed E-state index contributed by atoms with van der Waals surface area (Å²) in [5.74, 6) is -1.00. The number of hydrogen-bond donors (Lipinski definition) is 3. The van der Waals surface area contributed by atoms with E-state index in [2.05, 4.69) is 10.6 Å². The van der Waals surface area contributed by atoms with Gasteiger partial charge in [0.1, 0.15) is 11.6 Å². The molecule has 0 bridgehead atoms. The maximum Gasteiger partial charge on any atom is 0.314 e. The zero-order valence-corrected chi connectivity index (χ0v) is 13.1. The average molecular weight is 334 g/mol. The zero-order chi connectivity index (χ0) is 17.4. The van der Waals surface area contributed by atoms with Gasteiger partial charge in [-0.3, -0.25) is 0 Å². The summed E-state index contributed by atoms with van der Waals surface area (Å²) in [6.45, 7) is 0.490. The van der Waals surface area contributed by atoms with Gasteiger partial charge in [0, 0.05) is 13.1 Å². The first-order valence-corrected chi connectivity index (χ1v) is 7.75. The quantitative estimate of drug-likeness (QED) is 0.729. The van der Waals surface area contributed by atoms with Crippen molar-refractivity contribution in [3.8, 4) is 0 Å².